The predicted molar refractivity (Wildman–Crippen MR) is 80.7 cm³/mol. The van der Waals surface area contributed by atoms with E-state index in [0.717, 1.165) is 4.88 Å². The van der Waals surface area contributed by atoms with Crippen LogP contribution in [0.15, 0.2) is 35.2 Å². The van der Waals surface area contributed by atoms with Crippen LogP contribution < -0.4 is 15.2 Å². The second-order valence-corrected chi connectivity index (χ2v) is 7.21. The summed E-state index contributed by atoms with van der Waals surface area (Å²) in [5.74, 6) is 0.575. The number of nitrogens with one attached hydrogen (secondary N) is 1. The van der Waals surface area contributed by atoms with Crippen molar-refractivity contribution in [2.45, 2.75) is 18.4 Å². The van der Waals surface area contributed by atoms with Crippen LogP contribution in [0.2, 0.25) is 0 Å². The average molecular weight is 312 g/mol. The molecule has 0 bridgehead atoms. The molecule has 1 heterocycles. The van der Waals surface area contributed by atoms with Crippen LogP contribution in [0.3, 0.4) is 0 Å². The SMILES string of the molecule is COc1ccc(S(N)(=O)=O)cc1NCc1ccc(C)s1. The van der Waals surface area contributed by atoms with E-state index in [4.69, 9.17) is 9.88 Å². The minimum atomic E-state index is -3.72. The molecule has 1 aromatic carbocycles. The van der Waals surface area contributed by atoms with Crippen molar-refractivity contribution in [1.82, 2.24) is 0 Å². The molecule has 0 aliphatic heterocycles. The summed E-state index contributed by atoms with van der Waals surface area (Å²) < 4.78 is 28.0. The van der Waals surface area contributed by atoms with Crippen LogP contribution in [0.5, 0.6) is 5.75 Å². The Hall–Kier alpha value is -1.57. The molecule has 3 N–H and O–H groups in total. The molecule has 20 heavy (non-hydrogen) atoms. The number of thiophene rings is 1. The monoisotopic (exact) mass is 312 g/mol. The van der Waals surface area contributed by atoms with Crippen molar-refractivity contribution in [3.05, 3.63) is 40.1 Å². The molecule has 0 aliphatic rings. The number of benzene rings is 1. The van der Waals surface area contributed by atoms with Crippen LogP contribution in [0, 0.1) is 6.92 Å². The zero-order chi connectivity index (χ0) is 14.8. The molecule has 0 radical (unpaired) electrons. The highest BCUT2D eigenvalue weighted by Crippen LogP contribution is 2.28. The Balaban J connectivity index is 2.24. The molecule has 0 amide bonds. The normalized spacial score (nSPS) is 11.3. The first-order valence-corrected chi connectivity index (χ1v) is 8.26. The fraction of sp³-hybridized carbons (Fsp3) is 0.231. The van der Waals surface area contributed by atoms with E-state index in [0.29, 0.717) is 18.0 Å². The van der Waals surface area contributed by atoms with Crippen LogP contribution >= 0.6 is 11.3 Å². The molecule has 0 saturated carbocycles. The Morgan fingerprint density at radius 3 is 2.60 bits per heavy atom. The van der Waals surface area contributed by atoms with Gasteiger partial charge in [-0.05, 0) is 37.3 Å². The van der Waals surface area contributed by atoms with Crippen molar-refractivity contribution < 1.29 is 13.2 Å². The molecule has 0 unspecified atom stereocenters. The summed E-state index contributed by atoms with van der Waals surface area (Å²) >= 11 is 1.68. The maximum Gasteiger partial charge on any atom is 0.238 e. The maximum atomic E-state index is 11.4. The Morgan fingerprint density at radius 1 is 1.30 bits per heavy atom. The summed E-state index contributed by atoms with van der Waals surface area (Å²) in [6.45, 7) is 2.64. The zero-order valence-electron chi connectivity index (χ0n) is 11.2. The van der Waals surface area contributed by atoms with E-state index in [1.807, 2.05) is 19.1 Å². The van der Waals surface area contributed by atoms with Gasteiger partial charge in [0.25, 0.3) is 0 Å². The number of methoxy groups -OCH3 is 1. The lowest BCUT2D eigenvalue weighted by atomic mass is 10.3. The number of hydrogen-bond donors (Lipinski definition) is 2. The molecule has 0 spiro atoms. The smallest absolute Gasteiger partial charge is 0.238 e. The van der Waals surface area contributed by atoms with Gasteiger partial charge in [-0.2, -0.15) is 0 Å². The highest BCUT2D eigenvalue weighted by molar-refractivity contribution is 7.89. The van der Waals surface area contributed by atoms with Crippen LogP contribution in [0.1, 0.15) is 9.75 Å². The Bertz CT molecular complexity index is 708. The number of primary sulfonamides is 1. The van der Waals surface area contributed by atoms with Crippen LogP contribution in [0.25, 0.3) is 0 Å². The lowest BCUT2D eigenvalue weighted by Crippen LogP contribution is -2.12. The first-order chi connectivity index (χ1) is 9.40. The number of hydrogen-bond acceptors (Lipinski definition) is 5. The summed E-state index contributed by atoms with van der Waals surface area (Å²) in [5.41, 5.74) is 0.602. The number of rotatable bonds is 5. The van der Waals surface area contributed by atoms with Gasteiger partial charge in [0.2, 0.25) is 10.0 Å². The van der Waals surface area contributed by atoms with E-state index in [1.165, 1.54) is 24.1 Å². The van der Waals surface area contributed by atoms with Gasteiger partial charge in [-0.3, -0.25) is 0 Å². The fourth-order valence-electron chi connectivity index (χ4n) is 1.76. The first-order valence-electron chi connectivity index (χ1n) is 5.90. The van der Waals surface area contributed by atoms with Gasteiger partial charge >= 0.3 is 0 Å². The largest absolute Gasteiger partial charge is 0.495 e. The third-order valence-electron chi connectivity index (χ3n) is 2.75. The summed E-state index contributed by atoms with van der Waals surface area (Å²) in [6, 6.07) is 8.56. The molecular weight excluding hydrogens is 296 g/mol. The molecule has 5 nitrogen and oxygen atoms in total. The second kappa shape index (κ2) is 5.82. The van der Waals surface area contributed by atoms with Gasteiger partial charge in [0.1, 0.15) is 5.75 Å². The van der Waals surface area contributed by atoms with Gasteiger partial charge in [0.05, 0.1) is 17.7 Å². The highest BCUT2D eigenvalue weighted by Gasteiger charge is 2.12. The second-order valence-electron chi connectivity index (χ2n) is 4.27. The molecule has 2 rings (SSSR count). The minimum Gasteiger partial charge on any atom is -0.495 e. The third-order valence-corrected chi connectivity index (χ3v) is 4.66. The summed E-state index contributed by atoms with van der Waals surface area (Å²) in [7, 11) is -2.19. The Kier molecular flexibility index (Phi) is 4.32. The Labute approximate surface area is 122 Å². The van der Waals surface area contributed by atoms with Gasteiger partial charge in [0.15, 0.2) is 0 Å². The van der Waals surface area contributed by atoms with Crippen LogP contribution in [0.4, 0.5) is 5.69 Å². The van der Waals surface area contributed by atoms with Crippen molar-refractivity contribution in [2.24, 2.45) is 5.14 Å². The molecule has 0 atom stereocenters. The van der Waals surface area contributed by atoms with E-state index >= 15 is 0 Å². The number of ether oxygens (including phenoxy) is 1. The van der Waals surface area contributed by atoms with Crippen molar-refractivity contribution in [1.29, 1.82) is 0 Å². The summed E-state index contributed by atoms with van der Waals surface area (Å²) in [5, 5.41) is 8.31. The lowest BCUT2D eigenvalue weighted by molar-refractivity contribution is 0.416. The molecule has 2 aromatic rings. The van der Waals surface area contributed by atoms with Crippen molar-refractivity contribution >= 4 is 27.0 Å². The van der Waals surface area contributed by atoms with Crippen LogP contribution in [-0.2, 0) is 16.6 Å². The van der Waals surface area contributed by atoms with Gasteiger partial charge in [-0.15, -0.1) is 11.3 Å². The zero-order valence-corrected chi connectivity index (χ0v) is 12.8. The summed E-state index contributed by atoms with van der Waals surface area (Å²) in [4.78, 5) is 2.45. The van der Waals surface area contributed by atoms with Gasteiger partial charge in [0, 0.05) is 16.3 Å². The van der Waals surface area contributed by atoms with Crippen molar-refractivity contribution in [2.75, 3.05) is 12.4 Å². The van der Waals surface area contributed by atoms with Crippen LogP contribution in [-0.4, -0.2) is 15.5 Å². The number of nitrogens with two attached hydrogens (primary N) is 1. The maximum absolute atomic E-state index is 11.4. The third kappa shape index (κ3) is 3.50. The quantitative estimate of drug-likeness (QED) is 0.888. The van der Waals surface area contributed by atoms with Gasteiger partial charge in [-0.1, -0.05) is 0 Å². The van der Waals surface area contributed by atoms with E-state index < -0.39 is 10.0 Å². The highest BCUT2D eigenvalue weighted by atomic mass is 32.2. The summed E-state index contributed by atoms with van der Waals surface area (Å²) in [6.07, 6.45) is 0. The Morgan fingerprint density at radius 2 is 2.05 bits per heavy atom. The van der Waals surface area contributed by atoms with Crippen molar-refractivity contribution in [3.63, 3.8) is 0 Å². The fourth-order valence-corrected chi connectivity index (χ4v) is 3.13. The molecule has 108 valence electrons. The number of anilines is 1. The molecule has 0 aliphatic carbocycles. The molecule has 0 saturated heterocycles. The van der Waals surface area contributed by atoms with E-state index in [9.17, 15) is 8.42 Å². The molecule has 0 fully saturated rings. The standard InChI is InChI=1S/C13H16N2O3S2/c1-9-3-4-10(19-9)8-15-12-7-11(20(14,16)17)5-6-13(12)18-2/h3-7,15H,8H2,1-2H3,(H2,14,16,17). The molecule has 7 heteroatoms. The number of aryl methyl sites for hydroxylation is 1. The van der Waals surface area contributed by atoms with Gasteiger partial charge in [-0.25, -0.2) is 13.6 Å². The van der Waals surface area contributed by atoms with E-state index in [2.05, 4.69) is 5.32 Å². The number of sulfonamides is 1. The van der Waals surface area contributed by atoms with Gasteiger partial charge < -0.3 is 10.1 Å². The van der Waals surface area contributed by atoms with E-state index in [1.54, 1.807) is 17.4 Å². The lowest BCUT2D eigenvalue weighted by Gasteiger charge is -2.11. The predicted octanol–water partition coefficient (Wildman–Crippen LogP) is 2.32. The van der Waals surface area contributed by atoms with E-state index in [-0.39, 0.29) is 4.90 Å². The minimum absolute atomic E-state index is 0.0585. The molecular formula is C13H16N2O3S2. The van der Waals surface area contributed by atoms with Crippen molar-refractivity contribution in [3.8, 4) is 5.75 Å². The molecule has 1 aromatic heterocycles. The topological polar surface area (TPSA) is 81.4 Å². The average Bonchev–Trinajstić information content (AvgIpc) is 2.80. The first kappa shape index (κ1) is 14.8.